The number of carboxylic acids is 2. The maximum atomic E-state index is 11.7. The summed E-state index contributed by atoms with van der Waals surface area (Å²) in [6.07, 6.45) is -0.265. The van der Waals surface area contributed by atoms with Gasteiger partial charge in [0.2, 0.25) is 5.54 Å². The number of carbonyl (C=O) groups is 2. The Hall–Kier alpha value is -1.96. The number of aliphatic carboxylic acids is 2. The lowest BCUT2D eigenvalue weighted by molar-refractivity contribution is -0.168. The molecule has 21 heavy (non-hydrogen) atoms. The van der Waals surface area contributed by atoms with E-state index in [0.29, 0.717) is 5.56 Å². The molecule has 1 rings (SSSR count). The van der Waals surface area contributed by atoms with Crippen LogP contribution < -0.4 is 0 Å². The van der Waals surface area contributed by atoms with Crippen LogP contribution in [-0.2, 0) is 16.0 Å². The quantitative estimate of drug-likeness (QED) is 0.450. The molecule has 7 heteroatoms. The van der Waals surface area contributed by atoms with E-state index >= 15 is 0 Å². The zero-order chi connectivity index (χ0) is 15.9. The van der Waals surface area contributed by atoms with Gasteiger partial charge in [0.05, 0.1) is 13.2 Å². The van der Waals surface area contributed by atoms with Crippen molar-refractivity contribution < 1.29 is 30.0 Å². The van der Waals surface area contributed by atoms with Crippen molar-refractivity contribution in [2.45, 2.75) is 12.0 Å². The highest BCUT2D eigenvalue weighted by atomic mass is 16.4. The van der Waals surface area contributed by atoms with Crippen LogP contribution in [0.3, 0.4) is 0 Å². The lowest BCUT2D eigenvalue weighted by Gasteiger charge is -2.36. The van der Waals surface area contributed by atoms with E-state index in [2.05, 4.69) is 0 Å². The summed E-state index contributed by atoms with van der Waals surface area (Å²) in [6, 6.07) is 8.39. The van der Waals surface area contributed by atoms with Gasteiger partial charge in [-0.05, 0) is 5.56 Å². The Kier molecular flexibility index (Phi) is 6.29. The molecule has 0 saturated heterocycles. The van der Waals surface area contributed by atoms with Gasteiger partial charge in [-0.2, -0.15) is 0 Å². The zero-order valence-electron chi connectivity index (χ0n) is 11.5. The van der Waals surface area contributed by atoms with Crippen LogP contribution in [0.4, 0.5) is 0 Å². The Balaban J connectivity index is 3.25. The standard InChI is InChI=1S/C14H19NO6/c16-8-6-15(7-9-17)14(12(18)19,13(20)21)10-11-4-2-1-3-5-11/h1-5,16-17H,6-10H2,(H,18,19)(H,20,21). The molecule has 0 aliphatic carbocycles. The molecule has 1 aromatic carbocycles. The SMILES string of the molecule is O=C(O)C(Cc1ccccc1)(C(=O)O)N(CCO)CCO. The van der Waals surface area contributed by atoms with E-state index in [1.165, 1.54) is 0 Å². The minimum absolute atomic E-state index is 0.161. The molecule has 116 valence electrons. The maximum Gasteiger partial charge on any atom is 0.336 e. The molecular weight excluding hydrogens is 278 g/mol. The van der Waals surface area contributed by atoms with Gasteiger partial charge in [-0.3, -0.25) is 4.90 Å². The lowest BCUT2D eigenvalue weighted by Crippen LogP contribution is -2.63. The third-order valence-electron chi connectivity index (χ3n) is 3.29. The number of rotatable bonds is 9. The predicted octanol–water partition coefficient (Wildman–Crippen LogP) is -0.576. The second-order valence-electron chi connectivity index (χ2n) is 4.57. The largest absolute Gasteiger partial charge is 0.479 e. The molecule has 4 N–H and O–H groups in total. The molecule has 0 aliphatic heterocycles. The number of hydrogen-bond acceptors (Lipinski definition) is 5. The molecule has 0 spiro atoms. The zero-order valence-corrected chi connectivity index (χ0v) is 11.5. The predicted molar refractivity (Wildman–Crippen MR) is 73.9 cm³/mol. The molecule has 0 aromatic heterocycles. The third kappa shape index (κ3) is 3.78. The second-order valence-corrected chi connectivity index (χ2v) is 4.57. The summed E-state index contributed by atoms with van der Waals surface area (Å²) < 4.78 is 0. The van der Waals surface area contributed by atoms with Crippen LogP contribution in [0.25, 0.3) is 0 Å². The fourth-order valence-corrected chi connectivity index (χ4v) is 2.25. The highest BCUT2D eigenvalue weighted by Crippen LogP contribution is 2.22. The minimum Gasteiger partial charge on any atom is -0.479 e. The van der Waals surface area contributed by atoms with Gasteiger partial charge in [-0.1, -0.05) is 30.3 Å². The van der Waals surface area contributed by atoms with E-state index < -0.39 is 30.7 Å². The summed E-state index contributed by atoms with van der Waals surface area (Å²) in [5.74, 6) is -3.05. The molecule has 0 bridgehead atoms. The topological polar surface area (TPSA) is 118 Å². The number of hydrogen-bond donors (Lipinski definition) is 4. The van der Waals surface area contributed by atoms with Crippen LogP contribution in [0.5, 0.6) is 0 Å². The van der Waals surface area contributed by atoms with Crippen molar-refractivity contribution in [1.82, 2.24) is 4.90 Å². The van der Waals surface area contributed by atoms with E-state index in [0.717, 1.165) is 4.90 Å². The fourth-order valence-electron chi connectivity index (χ4n) is 2.25. The van der Waals surface area contributed by atoms with E-state index in [1.807, 2.05) is 0 Å². The number of aliphatic hydroxyl groups excluding tert-OH is 2. The van der Waals surface area contributed by atoms with Crippen molar-refractivity contribution in [3.05, 3.63) is 35.9 Å². The summed E-state index contributed by atoms with van der Waals surface area (Å²) in [4.78, 5) is 24.4. The van der Waals surface area contributed by atoms with Crippen LogP contribution >= 0.6 is 0 Å². The average Bonchev–Trinajstić information content (AvgIpc) is 2.45. The van der Waals surface area contributed by atoms with Crippen molar-refractivity contribution >= 4 is 11.9 Å². The summed E-state index contributed by atoms with van der Waals surface area (Å²) in [5, 5.41) is 37.1. The van der Waals surface area contributed by atoms with Crippen molar-refractivity contribution in [3.63, 3.8) is 0 Å². The first-order valence-corrected chi connectivity index (χ1v) is 6.46. The normalized spacial score (nSPS) is 11.6. The van der Waals surface area contributed by atoms with Gasteiger partial charge in [0.15, 0.2) is 0 Å². The Bertz CT molecular complexity index is 456. The van der Waals surface area contributed by atoms with Gasteiger partial charge < -0.3 is 20.4 Å². The second kappa shape index (κ2) is 7.72. The molecule has 0 aliphatic rings. The first-order chi connectivity index (χ1) is 9.98. The van der Waals surface area contributed by atoms with E-state index in [9.17, 15) is 19.8 Å². The summed E-state index contributed by atoms with van der Waals surface area (Å²) >= 11 is 0. The van der Waals surface area contributed by atoms with Crippen molar-refractivity contribution in [1.29, 1.82) is 0 Å². The molecule has 0 atom stereocenters. The molecule has 0 saturated carbocycles. The van der Waals surface area contributed by atoms with E-state index in [4.69, 9.17) is 10.2 Å². The summed E-state index contributed by atoms with van der Waals surface area (Å²) in [6.45, 7) is -1.13. The Morgan fingerprint density at radius 1 is 0.952 bits per heavy atom. The number of β-amino-alcohol motifs (C(OH)–C–C–N with tert-alkyl or cyclic N) is 2. The number of carboxylic acid groups (broad SMARTS) is 2. The molecule has 0 fully saturated rings. The van der Waals surface area contributed by atoms with Gasteiger partial charge >= 0.3 is 11.9 Å². The first kappa shape index (κ1) is 17.1. The van der Waals surface area contributed by atoms with Crippen molar-refractivity contribution in [2.75, 3.05) is 26.3 Å². The molecular formula is C14H19NO6. The van der Waals surface area contributed by atoms with Crippen LogP contribution in [-0.4, -0.2) is 69.1 Å². The highest BCUT2D eigenvalue weighted by molar-refractivity contribution is 6.03. The van der Waals surface area contributed by atoms with Crippen LogP contribution in [0.15, 0.2) is 30.3 Å². The lowest BCUT2D eigenvalue weighted by atomic mass is 9.88. The molecule has 0 radical (unpaired) electrons. The van der Waals surface area contributed by atoms with Crippen molar-refractivity contribution in [2.24, 2.45) is 0 Å². The van der Waals surface area contributed by atoms with Crippen LogP contribution in [0.2, 0.25) is 0 Å². The molecule has 7 nitrogen and oxygen atoms in total. The van der Waals surface area contributed by atoms with Gasteiger partial charge in [0, 0.05) is 19.5 Å². The Morgan fingerprint density at radius 3 is 1.81 bits per heavy atom. The number of benzene rings is 1. The molecule has 0 amide bonds. The van der Waals surface area contributed by atoms with Gasteiger partial charge in [-0.15, -0.1) is 0 Å². The highest BCUT2D eigenvalue weighted by Gasteiger charge is 2.51. The Labute approximate surface area is 122 Å². The minimum atomic E-state index is -2.23. The summed E-state index contributed by atoms with van der Waals surface area (Å²) in [7, 11) is 0. The monoisotopic (exact) mass is 297 g/mol. The fraction of sp³-hybridized carbons (Fsp3) is 0.429. The Morgan fingerprint density at radius 2 is 1.43 bits per heavy atom. The first-order valence-electron chi connectivity index (χ1n) is 6.46. The van der Waals surface area contributed by atoms with Crippen LogP contribution in [0, 0.1) is 0 Å². The third-order valence-corrected chi connectivity index (χ3v) is 3.29. The van der Waals surface area contributed by atoms with Gasteiger partial charge in [-0.25, -0.2) is 9.59 Å². The van der Waals surface area contributed by atoms with Crippen molar-refractivity contribution in [3.8, 4) is 0 Å². The average molecular weight is 297 g/mol. The van der Waals surface area contributed by atoms with E-state index in [1.54, 1.807) is 30.3 Å². The smallest absolute Gasteiger partial charge is 0.336 e. The molecule has 1 aromatic rings. The van der Waals surface area contributed by atoms with Gasteiger partial charge in [0.25, 0.3) is 0 Å². The summed E-state index contributed by atoms with van der Waals surface area (Å²) in [5.41, 5.74) is -1.68. The molecule has 0 heterocycles. The van der Waals surface area contributed by atoms with Crippen LogP contribution in [0.1, 0.15) is 5.56 Å². The molecule has 0 unspecified atom stereocenters. The van der Waals surface area contributed by atoms with Gasteiger partial charge in [0.1, 0.15) is 0 Å². The number of nitrogens with zero attached hydrogens (tertiary/aromatic N) is 1. The van der Waals surface area contributed by atoms with E-state index in [-0.39, 0.29) is 19.5 Å². The number of aliphatic hydroxyl groups is 2. The maximum absolute atomic E-state index is 11.7.